The van der Waals surface area contributed by atoms with E-state index in [2.05, 4.69) is 21.2 Å². The number of methoxy groups -OCH3 is 1. The summed E-state index contributed by atoms with van der Waals surface area (Å²) >= 11 is 3.48. The van der Waals surface area contributed by atoms with Crippen molar-refractivity contribution in [2.45, 2.75) is 31.4 Å². The third kappa shape index (κ3) is 3.31. The van der Waals surface area contributed by atoms with Crippen molar-refractivity contribution in [3.63, 3.8) is 0 Å². The lowest BCUT2D eigenvalue weighted by Crippen LogP contribution is -2.42. The van der Waals surface area contributed by atoms with Crippen LogP contribution in [-0.2, 0) is 11.2 Å². The topological polar surface area (TPSA) is 21.3 Å². The highest BCUT2D eigenvalue weighted by atomic mass is 79.9. The van der Waals surface area contributed by atoms with Crippen molar-refractivity contribution in [1.82, 2.24) is 5.32 Å². The molecule has 1 saturated carbocycles. The van der Waals surface area contributed by atoms with Crippen LogP contribution in [0.2, 0.25) is 0 Å². The molecule has 1 aromatic carbocycles. The Kier molecular flexibility index (Phi) is 4.76. The second-order valence-corrected chi connectivity index (χ2v) is 5.73. The molecule has 0 radical (unpaired) electrons. The summed E-state index contributed by atoms with van der Waals surface area (Å²) in [6, 6.07) is 5.04. The van der Waals surface area contributed by atoms with Gasteiger partial charge in [0.25, 0.3) is 0 Å². The average Bonchev–Trinajstić information content (AvgIpc) is 3.17. The van der Waals surface area contributed by atoms with E-state index in [1.807, 2.05) is 7.05 Å². The summed E-state index contributed by atoms with van der Waals surface area (Å²) in [5.41, 5.74) is 0.983. The van der Waals surface area contributed by atoms with Gasteiger partial charge in [-0.15, -0.1) is 0 Å². The molecule has 18 heavy (non-hydrogen) atoms. The summed E-state index contributed by atoms with van der Waals surface area (Å²) in [7, 11) is 3.69. The van der Waals surface area contributed by atoms with Gasteiger partial charge < -0.3 is 10.1 Å². The van der Waals surface area contributed by atoms with Gasteiger partial charge in [0.15, 0.2) is 0 Å². The second-order valence-electron chi connectivity index (χ2n) is 4.87. The van der Waals surface area contributed by atoms with Crippen LogP contribution in [-0.4, -0.2) is 26.3 Å². The van der Waals surface area contributed by atoms with E-state index in [0.29, 0.717) is 5.92 Å². The SMILES string of the molecule is CNC(Cc1cc(F)ccc1Br)C(OC)C1CC1. The van der Waals surface area contributed by atoms with E-state index >= 15 is 0 Å². The highest BCUT2D eigenvalue weighted by Crippen LogP contribution is 2.36. The first-order valence-corrected chi connectivity index (χ1v) is 7.09. The summed E-state index contributed by atoms with van der Waals surface area (Å²) in [5.74, 6) is 0.461. The first-order valence-electron chi connectivity index (χ1n) is 6.29. The molecule has 100 valence electrons. The molecule has 0 aliphatic heterocycles. The molecule has 1 aliphatic rings. The Morgan fingerprint density at radius 1 is 1.50 bits per heavy atom. The lowest BCUT2D eigenvalue weighted by Gasteiger charge is -2.26. The fraction of sp³-hybridized carbons (Fsp3) is 0.571. The van der Waals surface area contributed by atoms with Crippen LogP contribution in [0.4, 0.5) is 4.39 Å². The number of hydrogen-bond donors (Lipinski definition) is 1. The molecular weight excluding hydrogens is 297 g/mol. The van der Waals surface area contributed by atoms with Crippen LogP contribution in [0, 0.1) is 11.7 Å². The number of likely N-dealkylation sites (N-methyl/N-ethyl adjacent to an activating group) is 1. The molecule has 1 fully saturated rings. The molecule has 1 N–H and O–H groups in total. The fourth-order valence-electron chi connectivity index (χ4n) is 2.43. The molecular formula is C14H19BrFNO. The minimum absolute atomic E-state index is 0.191. The molecule has 2 nitrogen and oxygen atoms in total. The maximum Gasteiger partial charge on any atom is 0.123 e. The Bertz CT molecular complexity index is 409. The van der Waals surface area contributed by atoms with Gasteiger partial charge in [0, 0.05) is 17.6 Å². The Morgan fingerprint density at radius 3 is 2.78 bits per heavy atom. The zero-order chi connectivity index (χ0) is 13.1. The van der Waals surface area contributed by atoms with Crippen molar-refractivity contribution < 1.29 is 9.13 Å². The lowest BCUT2D eigenvalue weighted by molar-refractivity contribution is 0.0534. The monoisotopic (exact) mass is 315 g/mol. The van der Waals surface area contributed by atoms with Gasteiger partial charge in [-0.25, -0.2) is 4.39 Å². The number of halogens is 2. The Labute approximate surface area is 116 Å². The lowest BCUT2D eigenvalue weighted by atomic mass is 9.98. The largest absolute Gasteiger partial charge is 0.380 e. The van der Waals surface area contributed by atoms with E-state index in [1.54, 1.807) is 19.2 Å². The molecule has 2 unspecified atom stereocenters. The Morgan fingerprint density at radius 2 is 2.22 bits per heavy atom. The fourth-order valence-corrected chi connectivity index (χ4v) is 2.84. The summed E-state index contributed by atoms with van der Waals surface area (Å²) in [4.78, 5) is 0. The zero-order valence-electron chi connectivity index (χ0n) is 10.7. The molecule has 2 rings (SSSR count). The molecule has 0 heterocycles. The van der Waals surface area contributed by atoms with Gasteiger partial charge in [-0.2, -0.15) is 0 Å². The summed E-state index contributed by atoms with van der Waals surface area (Å²) in [6.45, 7) is 0. The first kappa shape index (κ1) is 14.0. The van der Waals surface area contributed by atoms with Gasteiger partial charge in [-0.3, -0.25) is 0 Å². The molecule has 0 spiro atoms. The molecule has 0 saturated heterocycles. The maximum atomic E-state index is 13.3. The molecule has 0 aromatic heterocycles. The van der Waals surface area contributed by atoms with Gasteiger partial charge in [0.2, 0.25) is 0 Å². The summed E-state index contributed by atoms with van der Waals surface area (Å²) in [6.07, 6.45) is 3.46. The Balaban J connectivity index is 2.11. The first-order chi connectivity index (χ1) is 8.65. The van der Waals surface area contributed by atoms with E-state index in [9.17, 15) is 4.39 Å². The number of ether oxygens (including phenoxy) is 1. The van der Waals surface area contributed by atoms with Crippen LogP contribution in [0.3, 0.4) is 0 Å². The number of rotatable bonds is 6. The highest BCUT2D eigenvalue weighted by molar-refractivity contribution is 9.10. The Hall–Kier alpha value is -0.450. The molecule has 1 aliphatic carbocycles. The molecule has 2 atom stereocenters. The third-order valence-electron chi connectivity index (χ3n) is 3.57. The third-order valence-corrected chi connectivity index (χ3v) is 4.35. The molecule has 4 heteroatoms. The van der Waals surface area contributed by atoms with Crippen LogP contribution in [0.1, 0.15) is 18.4 Å². The van der Waals surface area contributed by atoms with Gasteiger partial charge >= 0.3 is 0 Å². The minimum Gasteiger partial charge on any atom is -0.380 e. The predicted molar refractivity (Wildman–Crippen MR) is 74.2 cm³/mol. The van der Waals surface area contributed by atoms with Crippen molar-refractivity contribution in [2.75, 3.05) is 14.2 Å². The van der Waals surface area contributed by atoms with Crippen molar-refractivity contribution in [3.05, 3.63) is 34.1 Å². The van der Waals surface area contributed by atoms with Crippen LogP contribution >= 0.6 is 15.9 Å². The van der Waals surface area contributed by atoms with E-state index in [4.69, 9.17) is 4.74 Å². The predicted octanol–water partition coefficient (Wildman–Crippen LogP) is 3.14. The average molecular weight is 316 g/mol. The minimum atomic E-state index is -0.191. The van der Waals surface area contributed by atoms with Gasteiger partial charge in [0.1, 0.15) is 5.82 Å². The molecule has 1 aromatic rings. The van der Waals surface area contributed by atoms with E-state index < -0.39 is 0 Å². The van der Waals surface area contributed by atoms with Crippen LogP contribution in [0.25, 0.3) is 0 Å². The number of hydrogen-bond acceptors (Lipinski definition) is 2. The van der Waals surface area contributed by atoms with Crippen LogP contribution < -0.4 is 5.32 Å². The smallest absolute Gasteiger partial charge is 0.123 e. The van der Waals surface area contributed by atoms with Gasteiger partial charge in [0.05, 0.1) is 6.10 Å². The number of nitrogens with one attached hydrogen (secondary N) is 1. The van der Waals surface area contributed by atoms with Crippen molar-refractivity contribution in [3.8, 4) is 0 Å². The van der Waals surface area contributed by atoms with Crippen LogP contribution in [0.5, 0.6) is 0 Å². The van der Waals surface area contributed by atoms with Crippen molar-refractivity contribution in [1.29, 1.82) is 0 Å². The van der Waals surface area contributed by atoms with E-state index in [0.717, 1.165) is 16.5 Å². The highest BCUT2D eigenvalue weighted by Gasteiger charge is 2.36. The van der Waals surface area contributed by atoms with E-state index in [-0.39, 0.29) is 18.0 Å². The standard InChI is InChI=1S/C14H19BrFNO/c1-17-13(14(18-2)9-3-4-9)8-10-7-11(16)5-6-12(10)15/h5-7,9,13-14,17H,3-4,8H2,1-2H3. The van der Waals surface area contributed by atoms with Gasteiger partial charge in [-0.1, -0.05) is 15.9 Å². The molecule has 0 bridgehead atoms. The molecule has 0 amide bonds. The maximum absolute atomic E-state index is 13.3. The van der Waals surface area contributed by atoms with Crippen LogP contribution in [0.15, 0.2) is 22.7 Å². The summed E-state index contributed by atoms with van der Waals surface area (Å²) < 4.78 is 19.8. The van der Waals surface area contributed by atoms with E-state index in [1.165, 1.54) is 18.9 Å². The van der Waals surface area contributed by atoms with Crippen molar-refractivity contribution >= 4 is 15.9 Å². The second kappa shape index (κ2) is 6.13. The zero-order valence-corrected chi connectivity index (χ0v) is 12.3. The number of benzene rings is 1. The quantitative estimate of drug-likeness (QED) is 0.870. The normalized spacial score (nSPS) is 18.7. The summed E-state index contributed by atoms with van der Waals surface area (Å²) in [5, 5.41) is 3.30. The van der Waals surface area contributed by atoms with Gasteiger partial charge in [-0.05, 0) is 56.0 Å². The van der Waals surface area contributed by atoms with Crippen molar-refractivity contribution in [2.24, 2.45) is 5.92 Å².